The number of fused-ring (bicyclic) bond motifs is 1. The van der Waals surface area contributed by atoms with Crippen molar-refractivity contribution in [1.29, 1.82) is 0 Å². The maximum absolute atomic E-state index is 12.6. The lowest BCUT2D eigenvalue weighted by Gasteiger charge is -2.17. The van der Waals surface area contributed by atoms with Gasteiger partial charge in [0, 0.05) is 30.4 Å². The zero-order valence-electron chi connectivity index (χ0n) is 15.2. The molecule has 3 heterocycles. The van der Waals surface area contributed by atoms with Crippen molar-refractivity contribution >= 4 is 22.8 Å². The summed E-state index contributed by atoms with van der Waals surface area (Å²) >= 11 is 0. The van der Waals surface area contributed by atoms with Gasteiger partial charge in [0.15, 0.2) is 0 Å². The van der Waals surface area contributed by atoms with E-state index >= 15 is 0 Å². The van der Waals surface area contributed by atoms with Crippen LogP contribution in [0.15, 0.2) is 66.7 Å². The van der Waals surface area contributed by atoms with Gasteiger partial charge in [0.2, 0.25) is 5.91 Å². The Hall–Kier alpha value is -3.42. The lowest BCUT2D eigenvalue weighted by atomic mass is 9.95. The number of nitrogens with zero attached hydrogens (tertiary/aromatic N) is 2. The van der Waals surface area contributed by atoms with Crippen molar-refractivity contribution in [3.05, 3.63) is 77.8 Å². The molecule has 0 spiro atoms. The molecule has 1 amide bonds. The van der Waals surface area contributed by atoms with E-state index in [1.165, 1.54) is 6.08 Å². The lowest BCUT2D eigenvalue weighted by Crippen LogP contribution is -2.24. The number of anilines is 1. The van der Waals surface area contributed by atoms with E-state index in [-0.39, 0.29) is 12.3 Å². The van der Waals surface area contributed by atoms with E-state index in [1.54, 1.807) is 18.5 Å². The molecule has 0 saturated heterocycles. The summed E-state index contributed by atoms with van der Waals surface area (Å²) in [5, 5.41) is 3.69. The highest BCUT2D eigenvalue weighted by atomic mass is 19.4. The monoisotopic (exact) mass is 398 g/mol. The van der Waals surface area contributed by atoms with Gasteiger partial charge in [-0.2, -0.15) is 13.2 Å². The number of pyridine rings is 2. The first-order valence-corrected chi connectivity index (χ1v) is 9.02. The van der Waals surface area contributed by atoms with Crippen LogP contribution in [-0.4, -0.2) is 27.0 Å². The molecule has 5 nitrogen and oxygen atoms in total. The highest BCUT2D eigenvalue weighted by Gasteiger charge is 2.33. The van der Waals surface area contributed by atoms with Crippen LogP contribution in [0.3, 0.4) is 0 Å². The Morgan fingerprint density at radius 3 is 2.79 bits per heavy atom. The average molecular weight is 398 g/mol. The molecule has 3 aromatic heterocycles. The molecular weight excluding hydrogens is 381 g/mol. The molecule has 29 heavy (non-hydrogen) atoms. The number of halogens is 3. The molecular formula is C21H17F3N4O. The molecule has 8 heteroatoms. The number of nitrogens with one attached hydrogen (secondary N) is 2. The largest absolute Gasteiger partial charge is 0.416 e. The molecule has 1 atom stereocenters. The van der Waals surface area contributed by atoms with E-state index in [0.29, 0.717) is 12.2 Å². The lowest BCUT2D eigenvalue weighted by molar-refractivity contribution is -0.118. The SMILES string of the molecule is O=C(Nc1ccc(Cc2c[nH]c3ncccc23)cn1)C1C=CC(C(F)(F)F)=CC1. The van der Waals surface area contributed by atoms with E-state index in [2.05, 4.69) is 20.3 Å². The van der Waals surface area contributed by atoms with Crippen molar-refractivity contribution in [1.82, 2.24) is 15.0 Å². The molecule has 1 aliphatic rings. The van der Waals surface area contributed by atoms with Crippen LogP contribution in [-0.2, 0) is 11.2 Å². The van der Waals surface area contributed by atoms with Crippen LogP contribution >= 0.6 is 0 Å². The summed E-state index contributed by atoms with van der Waals surface area (Å²) in [6, 6.07) is 7.41. The number of H-pyrrole nitrogens is 1. The second-order valence-electron chi connectivity index (χ2n) is 6.79. The van der Waals surface area contributed by atoms with Crippen LogP contribution in [0.1, 0.15) is 17.5 Å². The summed E-state index contributed by atoms with van der Waals surface area (Å²) in [6.45, 7) is 0. The minimum atomic E-state index is -4.39. The summed E-state index contributed by atoms with van der Waals surface area (Å²) in [5.41, 5.74) is 2.15. The van der Waals surface area contributed by atoms with Crippen LogP contribution in [0.25, 0.3) is 11.0 Å². The van der Waals surface area contributed by atoms with Gasteiger partial charge in [0.1, 0.15) is 11.5 Å². The minimum Gasteiger partial charge on any atom is -0.346 e. The number of carbonyl (C=O) groups excluding carboxylic acids is 1. The molecule has 0 aromatic carbocycles. The van der Waals surface area contributed by atoms with E-state index in [0.717, 1.165) is 34.3 Å². The summed E-state index contributed by atoms with van der Waals surface area (Å²) in [5.74, 6) is -0.679. The van der Waals surface area contributed by atoms with Crippen LogP contribution in [0.5, 0.6) is 0 Å². The highest BCUT2D eigenvalue weighted by Crippen LogP contribution is 2.31. The Morgan fingerprint density at radius 1 is 1.24 bits per heavy atom. The van der Waals surface area contributed by atoms with Gasteiger partial charge in [0.25, 0.3) is 0 Å². The Labute approximate surface area is 164 Å². The number of allylic oxidation sites excluding steroid dienone is 3. The summed E-state index contributed by atoms with van der Waals surface area (Å²) in [4.78, 5) is 23.9. The maximum Gasteiger partial charge on any atom is 0.416 e. The van der Waals surface area contributed by atoms with Crippen LogP contribution in [0.2, 0.25) is 0 Å². The number of amides is 1. The third-order valence-electron chi connectivity index (χ3n) is 4.77. The van der Waals surface area contributed by atoms with Gasteiger partial charge in [-0.3, -0.25) is 4.79 Å². The van der Waals surface area contributed by atoms with Crippen molar-refractivity contribution in [2.75, 3.05) is 5.32 Å². The molecule has 0 radical (unpaired) electrons. The second kappa shape index (κ2) is 7.54. The van der Waals surface area contributed by atoms with E-state index < -0.39 is 17.7 Å². The number of hydrogen-bond acceptors (Lipinski definition) is 3. The van der Waals surface area contributed by atoms with Crippen molar-refractivity contribution < 1.29 is 18.0 Å². The third-order valence-corrected chi connectivity index (χ3v) is 4.77. The predicted octanol–water partition coefficient (Wildman–Crippen LogP) is 4.55. The first-order valence-electron chi connectivity index (χ1n) is 9.02. The molecule has 1 unspecified atom stereocenters. The Balaban J connectivity index is 1.38. The number of rotatable bonds is 4. The normalized spacial score (nSPS) is 16.7. The maximum atomic E-state index is 12.6. The number of aromatic amines is 1. The van der Waals surface area contributed by atoms with Crippen molar-refractivity contribution in [2.45, 2.75) is 19.0 Å². The fourth-order valence-electron chi connectivity index (χ4n) is 3.23. The van der Waals surface area contributed by atoms with Crippen molar-refractivity contribution in [2.24, 2.45) is 5.92 Å². The average Bonchev–Trinajstić information content (AvgIpc) is 3.12. The highest BCUT2D eigenvalue weighted by molar-refractivity contribution is 5.93. The van der Waals surface area contributed by atoms with Crippen LogP contribution < -0.4 is 5.32 Å². The van der Waals surface area contributed by atoms with Crippen LogP contribution in [0.4, 0.5) is 19.0 Å². The molecule has 0 bridgehead atoms. The van der Waals surface area contributed by atoms with Crippen molar-refractivity contribution in [3.63, 3.8) is 0 Å². The van der Waals surface area contributed by atoms with Gasteiger partial charge in [-0.05, 0) is 35.7 Å². The van der Waals surface area contributed by atoms with E-state index in [1.807, 2.05) is 24.4 Å². The second-order valence-corrected chi connectivity index (χ2v) is 6.79. The Kier molecular flexibility index (Phi) is 4.92. The minimum absolute atomic E-state index is 0.00383. The molecule has 0 saturated carbocycles. The van der Waals surface area contributed by atoms with Crippen molar-refractivity contribution in [3.8, 4) is 0 Å². The van der Waals surface area contributed by atoms with E-state index in [4.69, 9.17) is 0 Å². The standard InChI is InChI=1S/C21H17F3N4O/c22-21(23,24)16-6-4-14(5-7-16)20(29)28-18-8-3-13(11-26-18)10-15-12-27-19-17(15)2-1-9-25-19/h1-4,6-9,11-12,14H,5,10H2,(H,25,27)(H,26,28,29). The van der Waals surface area contributed by atoms with E-state index in [9.17, 15) is 18.0 Å². The predicted molar refractivity (Wildman–Crippen MR) is 103 cm³/mol. The fourth-order valence-corrected chi connectivity index (χ4v) is 3.23. The van der Waals surface area contributed by atoms with Gasteiger partial charge >= 0.3 is 6.18 Å². The molecule has 148 valence electrons. The zero-order valence-corrected chi connectivity index (χ0v) is 15.2. The third kappa shape index (κ3) is 4.21. The molecule has 2 N–H and O–H groups in total. The Bertz CT molecular complexity index is 1100. The zero-order chi connectivity index (χ0) is 20.4. The Morgan fingerprint density at radius 2 is 2.10 bits per heavy atom. The molecule has 4 rings (SSSR count). The molecule has 0 aliphatic heterocycles. The number of alkyl halides is 3. The topological polar surface area (TPSA) is 70.7 Å². The van der Waals surface area contributed by atoms with Gasteiger partial charge in [-0.15, -0.1) is 0 Å². The summed E-state index contributed by atoms with van der Waals surface area (Å²) < 4.78 is 37.9. The molecule has 1 aliphatic carbocycles. The van der Waals surface area contributed by atoms with Gasteiger partial charge in [0.05, 0.1) is 11.5 Å². The molecule has 0 fully saturated rings. The number of aromatic nitrogens is 3. The smallest absolute Gasteiger partial charge is 0.346 e. The molecule has 3 aromatic rings. The fraction of sp³-hybridized carbons (Fsp3) is 0.190. The number of hydrogen-bond donors (Lipinski definition) is 2. The first kappa shape index (κ1) is 18.9. The number of carbonyl (C=O) groups is 1. The summed E-state index contributed by atoms with van der Waals surface area (Å²) in [6.07, 6.45) is 4.83. The van der Waals surface area contributed by atoms with Crippen LogP contribution in [0, 0.1) is 5.92 Å². The van der Waals surface area contributed by atoms with Gasteiger partial charge < -0.3 is 10.3 Å². The van der Waals surface area contributed by atoms with Gasteiger partial charge in [-0.25, -0.2) is 9.97 Å². The quantitative estimate of drug-likeness (QED) is 0.677. The van der Waals surface area contributed by atoms with Gasteiger partial charge in [-0.1, -0.05) is 24.3 Å². The first-order chi connectivity index (χ1) is 13.9. The summed E-state index contributed by atoms with van der Waals surface area (Å²) in [7, 11) is 0.